The van der Waals surface area contributed by atoms with Crippen LogP contribution in [-0.4, -0.2) is 97.6 Å². The minimum absolute atomic E-state index is 0.103. The highest BCUT2D eigenvalue weighted by Crippen LogP contribution is 2.23. The number of pyridine rings is 2. The summed E-state index contributed by atoms with van der Waals surface area (Å²) in [7, 11) is 2.65. The molecular formula is C47H52N6O11. The van der Waals surface area contributed by atoms with E-state index in [1.807, 2.05) is 37.3 Å². The Labute approximate surface area is 371 Å². The van der Waals surface area contributed by atoms with Crippen molar-refractivity contribution in [2.24, 2.45) is 0 Å². The largest absolute Gasteiger partial charge is 0.465 e. The van der Waals surface area contributed by atoms with Crippen LogP contribution in [0.15, 0.2) is 109 Å². The van der Waals surface area contributed by atoms with Crippen LogP contribution < -0.4 is 14.5 Å². The number of aryl methyl sites for hydroxylation is 2. The summed E-state index contributed by atoms with van der Waals surface area (Å²) in [5, 5.41) is 10.8. The predicted octanol–water partition coefficient (Wildman–Crippen LogP) is 8.11. The van der Waals surface area contributed by atoms with Crippen LogP contribution in [0.5, 0.6) is 5.75 Å². The topological polar surface area (TPSA) is 193 Å². The van der Waals surface area contributed by atoms with Gasteiger partial charge in [0, 0.05) is 49.8 Å². The first-order valence-corrected chi connectivity index (χ1v) is 20.6. The molecule has 3 amide bonds. The van der Waals surface area contributed by atoms with Gasteiger partial charge in [-0.1, -0.05) is 36.4 Å². The molecule has 7 rings (SSSR count). The van der Waals surface area contributed by atoms with Gasteiger partial charge in [0.25, 0.3) is 5.69 Å². The van der Waals surface area contributed by atoms with Crippen molar-refractivity contribution in [1.82, 2.24) is 14.9 Å². The number of nitro groups is 1. The normalized spacial score (nSPS) is 13.1. The number of esters is 2. The molecule has 4 heterocycles. The van der Waals surface area contributed by atoms with Crippen molar-refractivity contribution in [3.63, 3.8) is 0 Å². The third kappa shape index (κ3) is 14.4. The first-order valence-electron chi connectivity index (χ1n) is 20.6. The standard InChI is InChI=1S/C22H19N3O6.C20H23N3O4.C5H10O/c1-15-4-3-5-20(23-15)24(14-16-6-8-17(9-7-16)21(26)30-2)22(27)31-19-12-10-18(11-13-19)25(28)29;1-15-4-3-5-18(21-15)23(20(25)22-10-12-27-13-11-22)14-16-6-8-17(9-7-16)19(24)26-2;1-2-4-6-5-3-1/h3-13H,14H2,1-2H3;3-9H,10-14H2,1-2H3;1-5H2. The Morgan fingerprint density at radius 3 is 1.53 bits per heavy atom. The van der Waals surface area contributed by atoms with Crippen LogP contribution >= 0.6 is 0 Å². The van der Waals surface area contributed by atoms with Crippen LogP contribution in [0.2, 0.25) is 0 Å². The van der Waals surface area contributed by atoms with Crippen molar-refractivity contribution in [1.29, 1.82) is 0 Å². The molecule has 2 aromatic heterocycles. The number of anilines is 2. The molecule has 2 aliphatic rings. The minimum atomic E-state index is -0.705. The number of hydrogen-bond acceptors (Lipinski definition) is 13. The zero-order valence-corrected chi connectivity index (χ0v) is 36.3. The summed E-state index contributed by atoms with van der Waals surface area (Å²) in [4.78, 5) is 73.2. The van der Waals surface area contributed by atoms with Gasteiger partial charge in [0.2, 0.25) is 0 Å². The number of amides is 3. The van der Waals surface area contributed by atoms with E-state index >= 15 is 0 Å². The van der Waals surface area contributed by atoms with E-state index in [9.17, 15) is 29.3 Å². The minimum Gasteiger partial charge on any atom is -0.465 e. The van der Waals surface area contributed by atoms with Gasteiger partial charge in [-0.05, 0) is 105 Å². The molecule has 0 bridgehead atoms. The SMILES string of the molecule is C1CCOCC1.COC(=O)c1ccc(CN(C(=O)N2CCOCC2)c2cccc(C)n2)cc1.COC(=O)c1ccc(CN(C(=O)Oc2ccc([N+](=O)[O-])cc2)c2cccc(C)n2)cc1. The van der Waals surface area contributed by atoms with Gasteiger partial charge in [-0.3, -0.25) is 19.9 Å². The summed E-state index contributed by atoms with van der Waals surface area (Å²) in [6.45, 7) is 8.37. The summed E-state index contributed by atoms with van der Waals surface area (Å²) in [5.74, 6) is 0.297. The molecule has 64 heavy (non-hydrogen) atoms. The fourth-order valence-corrected chi connectivity index (χ4v) is 6.34. The Morgan fingerprint density at radius 1 is 0.641 bits per heavy atom. The molecule has 0 radical (unpaired) electrons. The fraction of sp³-hybridized carbons (Fsp3) is 0.319. The quantitative estimate of drug-likeness (QED) is 0.0743. The molecule has 5 aromatic rings. The average molecular weight is 877 g/mol. The van der Waals surface area contributed by atoms with Gasteiger partial charge >= 0.3 is 24.1 Å². The maximum absolute atomic E-state index is 13.1. The summed E-state index contributed by atoms with van der Waals surface area (Å²) in [6.07, 6.45) is 3.23. The number of benzene rings is 3. The third-order valence-corrected chi connectivity index (χ3v) is 9.79. The highest BCUT2D eigenvalue weighted by Gasteiger charge is 2.26. The smallest absolute Gasteiger partial charge is 0.421 e. The number of carbonyl (C=O) groups excluding carboxylic acids is 4. The Hall–Kier alpha value is -7.24. The summed E-state index contributed by atoms with van der Waals surface area (Å²) < 4.78 is 25.2. The number of nitrogens with zero attached hydrogens (tertiary/aromatic N) is 6. The van der Waals surface area contributed by atoms with Crippen molar-refractivity contribution in [3.05, 3.63) is 153 Å². The molecule has 17 heteroatoms. The number of nitro benzene ring substituents is 1. The number of morpholine rings is 1. The van der Waals surface area contributed by atoms with Gasteiger partial charge in [0.05, 0.1) is 56.6 Å². The second-order valence-electron chi connectivity index (χ2n) is 14.5. The molecule has 2 fully saturated rings. The molecule has 17 nitrogen and oxygen atoms in total. The van der Waals surface area contributed by atoms with Crippen molar-refractivity contribution in [2.45, 2.75) is 46.2 Å². The molecule has 336 valence electrons. The highest BCUT2D eigenvalue weighted by atomic mass is 16.6. The number of carbonyl (C=O) groups is 4. The second kappa shape index (κ2) is 24.4. The first kappa shape index (κ1) is 47.8. The first-order chi connectivity index (χ1) is 30.9. The number of methoxy groups -OCH3 is 2. The zero-order valence-electron chi connectivity index (χ0n) is 36.3. The van der Waals surface area contributed by atoms with Crippen molar-refractivity contribution in [3.8, 4) is 5.75 Å². The number of non-ortho nitro benzene ring substituents is 1. The Bertz CT molecular complexity index is 2300. The predicted molar refractivity (Wildman–Crippen MR) is 237 cm³/mol. The zero-order chi connectivity index (χ0) is 45.8. The highest BCUT2D eigenvalue weighted by molar-refractivity contribution is 5.92. The molecule has 3 aromatic carbocycles. The van der Waals surface area contributed by atoms with Gasteiger partial charge in [-0.25, -0.2) is 29.1 Å². The van der Waals surface area contributed by atoms with Crippen molar-refractivity contribution >= 4 is 41.4 Å². The van der Waals surface area contributed by atoms with Gasteiger partial charge in [0.1, 0.15) is 17.4 Å². The maximum Gasteiger partial charge on any atom is 0.421 e. The van der Waals surface area contributed by atoms with Crippen LogP contribution in [0, 0.1) is 24.0 Å². The summed E-state index contributed by atoms with van der Waals surface area (Å²) in [6, 6.07) is 29.6. The fourth-order valence-electron chi connectivity index (χ4n) is 6.34. The van der Waals surface area contributed by atoms with Crippen LogP contribution in [0.3, 0.4) is 0 Å². The van der Waals surface area contributed by atoms with E-state index in [2.05, 4.69) is 9.97 Å². The lowest BCUT2D eigenvalue weighted by molar-refractivity contribution is -0.384. The molecule has 0 aliphatic carbocycles. The van der Waals surface area contributed by atoms with Crippen molar-refractivity contribution < 1.29 is 47.8 Å². The molecule has 0 N–H and O–H groups in total. The van der Waals surface area contributed by atoms with Gasteiger partial charge < -0.3 is 28.6 Å². The van der Waals surface area contributed by atoms with Crippen LogP contribution in [0.1, 0.15) is 62.5 Å². The van der Waals surface area contributed by atoms with E-state index in [0.717, 1.165) is 30.0 Å². The lowest BCUT2D eigenvalue weighted by Gasteiger charge is -2.32. The molecule has 2 saturated heterocycles. The van der Waals surface area contributed by atoms with Gasteiger partial charge in [-0.2, -0.15) is 0 Å². The summed E-state index contributed by atoms with van der Waals surface area (Å²) >= 11 is 0. The Kier molecular flexibility index (Phi) is 18.2. The average Bonchev–Trinajstić information content (AvgIpc) is 3.33. The van der Waals surface area contributed by atoms with E-state index in [1.54, 1.807) is 71.3 Å². The monoisotopic (exact) mass is 876 g/mol. The van der Waals surface area contributed by atoms with Crippen LogP contribution in [0.25, 0.3) is 0 Å². The van der Waals surface area contributed by atoms with E-state index in [-0.39, 0.29) is 30.0 Å². The lowest BCUT2D eigenvalue weighted by Crippen LogP contribution is -2.48. The number of rotatable bonds is 10. The van der Waals surface area contributed by atoms with E-state index < -0.39 is 17.0 Å². The van der Waals surface area contributed by atoms with E-state index in [0.29, 0.717) is 61.3 Å². The Morgan fingerprint density at radius 2 is 1.11 bits per heavy atom. The number of aromatic nitrogens is 2. The van der Waals surface area contributed by atoms with Crippen molar-refractivity contribution in [2.75, 3.05) is 63.5 Å². The molecule has 2 aliphatic heterocycles. The van der Waals surface area contributed by atoms with Gasteiger partial charge in [0.15, 0.2) is 0 Å². The maximum atomic E-state index is 13.1. The number of hydrogen-bond donors (Lipinski definition) is 0. The molecule has 0 unspecified atom stereocenters. The van der Waals surface area contributed by atoms with E-state index in [1.165, 1.54) is 62.6 Å². The number of ether oxygens (including phenoxy) is 5. The van der Waals surface area contributed by atoms with E-state index in [4.69, 9.17) is 23.7 Å². The third-order valence-electron chi connectivity index (χ3n) is 9.79. The second-order valence-corrected chi connectivity index (χ2v) is 14.5. The molecule has 0 atom stereocenters. The molecule has 0 saturated carbocycles. The van der Waals surface area contributed by atoms with Gasteiger partial charge in [-0.15, -0.1) is 0 Å². The molecule has 0 spiro atoms. The van der Waals surface area contributed by atoms with Crippen LogP contribution in [-0.2, 0) is 32.0 Å². The lowest BCUT2D eigenvalue weighted by atomic mass is 10.1. The number of urea groups is 1. The Balaban J connectivity index is 0.000000214. The summed E-state index contributed by atoms with van der Waals surface area (Å²) in [5.41, 5.74) is 3.94. The van der Waals surface area contributed by atoms with Crippen LogP contribution in [0.4, 0.5) is 26.9 Å². The molecular weight excluding hydrogens is 825 g/mol.